The first-order valence-corrected chi connectivity index (χ1v) is 9.02. The van der Waals surface area contributed by atoms with Gasteiger partial charge >= 0.3 is 5.97 Å². The molecule has 0 spiro atoms. The van der Waals surface area contributed by atoms with E-state index in [-0.39, 0.29) is 12.1 Å². The van der Waals surface area contributed by atoms with Crippen LogP contribution in [-0.4, -0.2) is 22.2 Å². The molecule has 0 aliphatic carbocycles. The number of ether oxygens (including phenoxy) is 1. The van der Waals surface area contributed by atoms with Crippen molar-refractivity contribution >= 4 is 17.3 Å². The highest BCUT2D eigenvalue weighted by atomic mass is 32.1. The molecule has 6 heteroatoms. The van der Waals surface area contributed by atoms with Crippen LogP contribution >= 0.6 is 11.3 Å². The van der Waals surface area contributed by atoms with Crippen LogP contribution in [0.2, 0.25) is 0 Å². The third-order valence-corrected chi connectivity index (χ3v) is 4.76. The largest absolute Gasteiger partial charge is 0.459 e. The molecule has 0 aliphatic rings. The molecule has 0 fully saturated rings. The Morgan fingerprint density at radius 3 is 2.72 bits per heavy atom. The SMILES string of the molecule is Cc1onc(-c2ccccc2)c1CCc1ncc(C(=O)OC(C)C)s1. The second kappa shape index (κ2) is 7.61. The zero-order valence-electron chi connectivity index (χ0n) is 14.5. The highest BCUT2D eigenvalue weighted by Gasteiger charge is 2.17. The summed E-state index contributed by atoms with van der Waals surface area (Å²) in [6.45, 7) is 5.58. The summed E-state index contributed by atoms with van der Waals surface area (Å²) in [5.41, 5.74) is 2.98. The Kier molecular flexibility index (Phi) is 5.28. The highest BCUT2D eigenvalue weighted by molar-refractivity contribution is 7.13. The average molecular weight is 356 g/mol. The van der Waals surface area contributed by atoms with Crippen LogP contribution in [0.3, 0.4) is 0 Å². The van der Waals surface area contributed by atoms with Crippen LogP contribution < -0.4 is 0 Å². The maximum absolute atomic E-state index is 11.9. The van der Waals surface area contributed by atoms with E-state index in [9.17, 15) is 4.79 Å². The number of aromatic nitrogens is 2. The van der Waals surface area contributed by atoms with E-state index in [4.69, 9.17) is 9.26 Å². The summed E-state index contributed by atoms with van der Waals surface area (Å²) in [7, 11) is 0. The second-order valence-corrected chi connectivity index (χ2v) is 7.12. The Morgan fingerprint density at radius 1 is 1.24 bits per heavy atom. The number of esters is 1. The van der Waals surface area contributed by atoms with Gasteiger partial charge in [0.15, 0.2) is 0 Å². The molecular formula is C19H20N2O3S. The molecule has 2 aromatic heterocycles. The Morgan fingerprint density at radius 2 is 2.00 bits per heavy atom. The van der Waals surface area contributed by atoms with Crippen molar-refractivity contribution in [1.82, 2.24) is 10.1 Å². The van der Waals surface area contributed by atoms with Crippen LogP contribution in [0.4, 0.5) is 0 Å². The summed E-state index contributed by atoms with van der Waals surface area (Å²) >= 11 is 1.38. The lowest BCUT2D eigenvalue weighted by Gasteiger charge is -2.04. The molecule has 0 aliphatic heterocycles. The van der Waals surface area contributed by atoms with Gasteiger partial charge in [0, 0.05) is 17.5 Å². The van der Waals surface area contributed by atoms with E-state index in [1.165, 1.54) is 11.3 Å². The van der Waals surface area contributed by atoms with Gasteiger partial charge in [0.2, 0.25) is 0 Å². The number of carbonyl (C=O) groups is 1. The number of hydrogen-bond acceptors (Lipinski definition) is 6. The summed E-state index contributed by atoms with van der Waals surface area (Å²) in [5.74, 6) is 0.500. The fourth-order valence-corrected chi connectivity index (χ4v) is 3.33. The normalized spacial score (nSPS) is 11.0. The van der Waals surface area contributed by atoms with E-state index < -0.39 is 0 Å². The summed E-state index contributed by atoms with van der Waals surface area (Å²) in [4.78, 5) is 16.8. The van der Waals surface area contributed by atoms with Crippen molar-refractivity contribution in [3.05, 3.63) is 57.7 Å². The maximum Gasteiger partial charge on any atom is 0.350 e. The predicted molar refractivity (Wildman–Crippen MR) is 96.7 cm³/mol. The van der Waals surface area contributed by atoms with Gasteiger partial charge in [-0.25, -0.2) is 9.78 Å². The van der Waals surface area contributed by atoms with Gasteiger partial charge in [0.1, 0.15) is 16.3 Å². The molecule has 2 heterocycles. The number of thiazole rings is 1. The molecule has 0 unspecified atom stereocenters. The Balaban J connectivity index is 1.72. The summed E-state index contributed by atoms with van der Waals surface area (Å²) in [6.07, 6.45) is 2.93. The first-order chi connectivity index (χ1) is 12.0. The van der Waals surface area contributed by atoms with Crippen LogP contribution in [0.25, 0.3) is 11.3 Å². The standard InChI is InChI=1S/C19H20N2O3S/c1-12(2)23-19(22)16-11-20-17(25-16)10-9-15-13(3)24-21-18(15)14-7-5-4-6-8-14/h4-8,11-12H,9-10H2,1-3H3. The zero-order chi connectivity index (χ0) is 17.8. The minimum Gasteiger partial charge on any atom is -0.459 e. The third-order valence-electron chi connectivity index (χ3n) is 3.72. The average Bonchev–Trinajstić information content (AvgIpc) is 3.20. The van der Waals surface area contributed by atoms with Gasteiger partial charge in [-0.15, -0.1) is 11.3 Å². The van der Waals surface area contributed by atoms with Crippen molar-refractivity contribution < 1.29 is 14.1 Å². The van der Waals surface area contributed by atoms with Crippen molar-refractivity contribution in [1.29, 1.82) is 0 Å². The topological polar surface area (TPSA) is 65.2 Å². The molecular weight excluding hydrogens is 336 g/mol. The molecule has 0 N–H and O–H groups in total. The van der Waals surface area contributed by atoms with Crippen molar-refractivity contribution in [2.24, 2.45) is 0 Å². The lowest BCUT2D eigenvalue weighted by atomic mass is 10.0. The summed E-state index contributed by atoms with van der Waals surface area (Å²) in [6, 6.07) is 9.98. The van der Waals surface area contributed by atoms with E-state index >= 15 is 0 Å². The first kappa shape index (κ1) is 17.4. The molecule has 0 saturated carbocycles. The van der Waals surface area contributed by atoms with Crippen LogP contribution in [-0.2, 0) is 17.6 Å². The monoisotopic (exact) mass is 356 g/mol. The smallest absolute Gasteiger partial charge is 0.350 e. The second-order valence-electron chi connectivity index (χ2n) is 6.00. The molecule has 0 saturated heterocycles. The van der Waals surface area contributed by atoms with Crippen LogP contribution in [0.1, 0.15) is 39.9 Å². The van der Waals surface area contributed by atoms with Gasteiger partial charge in [-0.2, -0.15) is 0 Å². The molecule has 3 aromatic rings. The van der Waals surface area contributed by atoms with E-state index in [0.717, 1.165) is 40.4 Å². The van der Waals surface area contributed by atoms with Gasteiger partial charge < -0.3 is 9.26 Å². The number of nitrogens with zero attached hydrogens (tertiary/aromatic N) is 2. The minimum absolute atomic E-state index is 0.133. The molecule has 25 heavy (non-hydrogen) atoms. The Labute approximate surface area is 150 Å². The number of aryl methyl sites for hydroxylation is 2. The lowest BCUT2D eigenvalue weighted by Crippen LogP contribution is -2.09. The van der Waals surface area contributed by atoms with E-state index in [2.05, 4.69) is 10.1 Å². The quantitative estimate of drug-likeness (QED) is 0.610. The van der Waals surface area contributed by atoms with Crippen LogP contribution in [0.15, 0.2) is 41.1 Å². The maximum atomic E-state index is 11.9. The van der Waals surface area contributed by atoms with Crippen molar-refractivity contribution in [2.75, 3.05) is 0 Å². The van der Waals surface area contributed by atoms with E-state index in [1.807, 2.05) is 51.1 Å². The predicted octanol–water partition coefficient (Wildman–Crippen LogP) is 4.46. The van der Waals surface area contributed by atoms with Crippen molar-refractivity contribution in [3.63, 3.8) is 0 Å². The molecule has 3 rings (SSSR count). The van der Waals surface area contributed by atoms with Crippen molar-refractivity contribution in [2.45, 2.75) is 39.7 Å². The molecule has 1 aromatic carbocycles. The summed E-state index contributed by atoms with van der Waals surface area (Å²) < 4.78 is 10.6. The van der Waals surface area contributed by atoms with Crippen molar-refractivity contribution in [3.8, 4) is 11.3 Å². The molecule has 0 radical (unpaired) electrons. The number of carbonyl (C=O) groups excluding carboxylic acids is 1. The number of rotatable bonds is 6. The highest BCUT2D eigenvalue weighted by Crippen LogP contribution is 2.27. The van der Waals surface area contributed by atoms with Gasteiger partial charge in [-0.1, -0.05) is 35.5 Å². The molecule has 0 bridgehead atoms. The minimum atomic E-state index is -0.315. The third kappa shape index (κ3) is 4.14. The Hall–Kier alpha value is -2.47. The Bertz CT molecular complexity index is 853. The number of hydrogen-bond donors (Lipinski definition) is 0. The van der Waals surface area contributed by atoms with E-state index in [1.54, 1.807) is 6.20 Å². The molecule has 5 nitrogen and oxygen atoms in total. The first-order valence-electron chi connectivity index (χ1n) is 8.21. The number of benzene rings is 1. The van der Waals surface area contributed by atoms with Crippen LogP contribution in [0, 0.1) is 6.92 Å². The molecule has 0 amide bonds. The zero-order valence-corrected chi connectivity index (χ0v) is 15.3. The van der Waals surface area contributed by atoms with E-state index in [0.29, 0.717) is 4.88 Å². The van der Waals surface area contributed by atoms with Gasteiger partial charge in [0.05, 0.1) is 17.3 Å². The molecule has 130 valence electrons. The summed E-state index contributed by atoms with van der Waals surface area (Å²) in [5, 5.41) is 5.10. The van der Waals surface area contributed by atoms with Gasteiger partial charge in [-0.05, 0) is 27.2 Å². The fraction of sp³-hybridized carbons (Fsp3) is 0.316. The van der Waals surface area contributed by atoms with Gasteiger partial charge in [-0.3, -0.25) is 0 Å². The molecule has 0 atom stereocenters. The fourth-order valence-electron chi connectivity index (χ4n) is 2.53. The van der Waals surface area contributed by atoms with Crippen LogP contribution in [0.5, 0.6) is 0 Å². The lowest BCUT2D eigenvalue weighted by molar-refractivity contribution is 0.0383. The van der Waals surface area contributed by atoms with Gasteiger partial charge in [0.25, 0.3) is 0 Å².